The van der Waals surface area contributed by atoms with Gasteiger partial charge in [0.25, 0.3) is 0 Å². The van der Waals surface area contributed by atoms with Crippen LogP contribution in [0.15, 0.2) is 28.2 Å². The zero-order valence-electron chi connectivity index (χ0n) is 13.1. The predicted octanol–water partition coefficient (Wildman–Crippen LogP) is 1.70. The summed E-state index contributed by atoms with van der Waals surface area (Å²) in [7, 11) is 3.05. The molecule has 0 saturated heterocycles. The lowest BCUT2D eigenvalue weighted by Crippen LogP contribution is -2.23. The highest BCUT2D eigenvalue weighted by Gasteiger charge is 2.12. The highest BCUT2D eigenvalue weighted by atomic mass is 32.2. The third-order valence-corrected chi connectivity index (χ3v) is 4.12. The first-order valence-corrected chi connectivity index (χ1v) is 8.11. The van der Waals surface area contributed by atoms with Crippen molar-refractivity contribution in [2.24, 2.45) is 7.05 Å². The van der Waals surface area contributed by atoms with Crippen molar-refractivity contribution in [3.63, 3.8) is 0 Å². The van der Waals surface area contributed by atoms with Crippen LogP contribution in [0.25, 0.3) is 0 Å². The van der Waals surface area contributed by atoms with Crippen LogP contribution in [0, 0.1) is 0 Å². The molecular weight excluding hydrogens is 302 g/mol. The average molecular weight is 321 g/mol. The van der Waals surface area contributed by atoms with E-state index in [0.29, 0.717) is 17.3 Å². The maximum absolute atomic E-state index is 12.1. The first kappa shape index (κ1) is 16.4. The lowest BCUT2D eigenvalue weighted by atomic mass is 10.0. The summed E-state index contributed by atoms with van der Waals surface area (Å²) >= 11 is 1.42. The summed E-state index contributed by atoms with van der Waals surface area (Å²) in [6.07, 6.45) is 2.67. The van der Waals surface area contributed by atoms with E-state index in [-0.39, 0.29) is 11.7 Å². The summed E-state index contributed by atoms with van der Waals surface area (Å²) in [6.45, 7) is 2.34. The third-order valence-electron chi connectivity index (χ3n) is 3.40. The second kappa shape index (κ2) is 6.83. The number of thioether (sulfide) groups is 1. The molecule has 0 bridgehead atoms. The fourth-order valence-corrected chi connectivity index (χ4v) is 2.75. The van der Waals surface area contributed by atoms with Gasteiger partial charge in [-0.05, 0) is 35.9 Å². The van der Waals surface area contributed by atoms with Gasteiger partial charge >= 0.3 is 11.7 Å². The number of ether oxygens (including phenoxy) is 1. The highest BCUT2D eigenvalue weighted by molar-refractivity contribution is 7.98. The van der Waals surface area contributed by atoms with Gasteiger partial charge in [0.05, 0.1) is 19.2 Å². The Morgan fingerprint density at radius 3 is 2.55 bits per heavy atom. The molecule has 1 heterocycles. The van der Waals surface area contributed by atoms with Crippen LogP contribution >= 0.6 is 11.8 Å². The van der Waals surface area contributed by atoms with Crippen LogP contribution in [0.1, 0.15) is 28.4 Å². The first-order valence-electron chi connectivity index (χ1n) is 6.89. The standard InChI is InChI=1S/C15H19N3O3S/c1-5-10-6-11(8-12(7-10)13(19)21-3)9-18-15(20)17(2)14(16-18)22-4/h6-8H,5,9H2,1-4H3. The topological polar surface area (TPSA) is 66.1 Å². The maximum atomic E-state index is 12.1. The van der Waals surface area contributed by atoms with E-state index in [1.165, 1.54) is 28.1 Å². The van der Waals surface area contributed by atoms with E-state index in [1.54, 1.807) is 13.1 Å². The number of methoxy groups -OCH3 is 1. The summed E-state index contributed by atoms with van der Waals surface area (Å²) < 4.78 is 7.69. The smallest absolute Gasteiger partial charge is 0.346 e. The Morgan fingerprint density at radius 1 is 1.32 bits per heavy atom. The SMILES string of the molecule is CCc1cc(Cn2nc(SC)n(C)c2=O)cc(C(=O)OC)c1. The van der Waals surface area contributed by atoms with Gasteiger partial charge in [-0.15, -0.1) is 5.10 Å². The number of aryl methyl sites for hydroxylation is 1. The highest BCUT2D eigenvalue weighted by Crippen LogP contribution is 2.14. The number of rotatable bonds is 5. The van der Waals surface area contributed by atoms with Gasteiger partial charge in [-0.3, -0.25) is 4.57 Å². The van der Waals surface area contributed by atoms with Crippen LogP contribution in [0.2, 0.25) is 0 Å². The maximum Gasteiger partial charge on any atom is 0.346 e. The van der Waals surface area contributed by atoms with Crippen molar-refractivity contribution >= 4 is 17.7 Å². The Hall–Kier alpha value is -2.02. The minimum atomic E-state index is -0.380. The van der Waals surface area contributed by atoms with Gasteiger partial charge < -0.3 is 4.74 Å². The van der Waals surface area contributed by atoms with Gasteiger partial charge in [-0.25, -0.2) is 14.3 Å². The van der Waals surface area contributed by atoms with E-state index < -0.39 is 0 Å². The number of carbonyl (C=O) groups excluding carboxylic acids is 1. The second-order valence-electron chi connectivity index (χ2n) is 4.87. The number of aromatic nitrogens is 3. The quantitative estimate of drug-likeness (QED) is 0.619. The van der Waals surface area contributed by atoms with E-state index in [2.05, 4.69) is 5.10 Å². The molecular formula is C15H19N3O3S. The summed E-state index contributed by atoms with van der Waals surface area (Å²) in [5.74, 6) is -0.380. The molecule has 0 aliphatic rings. The summed E-state index contributed by atoms with van der Waals surface area (Å²) in [5.41, 5.74) is 2.19. The number of benzene rings is 1. The molecule has 0 radical (unpaired) electrons. The lowest BCUT2D eigenvalue weighted by molar-refractivity contribution is 0.0600. The van der Waals surface area contributed by atoms with Crippen LogP contribution in [-0.4, -0.2) is 33.7 Å². The lowest BCUT2D eigenvalue weighted by Gasteiger charge is -2.07. The van der Waals surface area contributed by atoms with Crippen LogP contribution in [0.5, 0.6) is 0 Å². The van der Waals surface area contributed by atoms with Crippen LogP contribution in [-0.2, 0) is 24.8 Å². The largest absolute Gasteiger partial charge is 0.465 e. The Bertz CT molecular complexity index is 749. The Kier molecular flexibility index (Phi) is 5.07. The van der Waals surface area contributed by atoms with Crippen LogP contribution < -0.4 is 5.69 Å². The molecule has 0 N–H and O–H groups in total. The molecule has 2 aromatic rings. The minimum absolute atomic E-state index is 0.175. The molecule has 0 aliphatic carbocycles. The van der Waals surface area contributed by atoms with Crippen molar-refractivity contribution in [2.75, 3.05) is 13.4 Å². The molecule has 7 heteroatoms. The fourth-order valence-electron chi connectivity index (χ4n) is 2.22. The van der Waals surface area contributed by atoms with E-state index >= 15 is 0 Å². The zero-order valence-corrected chi connectivity index (χ0v) is 13.9. The van der Waals surface area contributed by atoms with Gasteiger partial charge in [-0.2, -0.15) is 0 Å². The zero-order chi connectivity index (χ0) is 16.3. The molecule has 0 spiro atoms. The van der Waals surface area contributed by atoms with Crippen LogP contribution in [0.3, 0.4) is 0 Å². The summed E-state index contributed by atoms with van der Waals surface area (Å²) in [6, 6.07) is 5.53. The van der Waals surface area contributed by atoms with Crippen molar-refractivity contribution in [1.29, 1.82) is 0 Å². The van der Waals surface area contributed by atoms with E-state index in [1.807, 2.05) is 25.3 Å². The molecule has 0 amide bonds. The molecule has 1 aromatic heterocycles. The summed E-state index contributed by atoms with van der Waals surface area (Å²) in [4.78, 5) is 23.9. The van der Waals surface area contributed by atoms with Gasteiger partial charge in [0.15, 0.2) is 5.16 Å². The molecule has 0 atom stereocenters. The Balaban J connectivity index is 2.41. The first-order chi connectivity index (χ1) is 10.5. The van der Waals surface area contributed by atoms with Crippen molar-refractivity contribution in [1.82, 2.24) is 14.3 Å². The molecule has 2 rings (SSSR count). The number of hydrogen-bond acceptors (Lipinski definition) is 5. The van der Waals surface area contributed by atoms with Crippen LogP contribution in [0.4, 0.5) is 0 Å². The van der Waals surface area contributed by atoms with Crippen molar-refractivity contribution < 1.29 is 9.53 Å². The molecule has 0 saturated carbocycles. The van der Waals surface area contributed by atoms with E-state index in [0.717, 1.165) is 17.5 Å². The average Bonchev–Trinajstić information content (AvgIpc) is 2.81. The third kappa shape index (κ3) is 3.24. The summed E-state index contributed by atoms with van der Waals surface area (Å²) in [5, 5.41) is 4.94. The van der Waals surface area contributed by atoms with Crippen molar-refractivity contribution in [3.8, 4) is 0 Å². The van der Waals surface area contributed by atoms with Crippen molar-refractivity contribution in [3.05, 3.63) is 45.4 Å². The molecule has 1 aromatic carbocycles. The molecule has 0 fully saturated rings. The fraction of sp³-hybridized carbons (Fsp3) is 0.400. The van der Waals surface area contributed by atoms with E-state index in [9.17, 15) is 9.59 Å². The number of nitrogens with zero attached hydrogens (tertiary/aromatic N) is 3. The Labute approximate surface area is 133 Å². The molecule has 6 nitrogen and oxygen atoms in total. The van der Waals surface area contributed by atoms with Gasteiger partial charge in [0.2, 0.25) is 0 Å². The van der Waals surface area contributed by atoms with E-state index in [4.69, 9.17) is 4.74 Å². The monoisotopic (exact) mass is 321 g/mol. The number of esters is 1. The van der Waals surface area contributed by atoms with Gasteiger partial charge in [0.1, 0.15) is 0 Å². The van der Waals surface area contributed by atoms with Gasteiger partial charge in [-0.1, -0.05) is 24.8 Å². The second-order valence-corrected chi connectivity index (χ2v) is 5.64. The molecule has 0 unspecified atom stereocenters. The number of carbonyl (C=O) groups is 1. The number of hydrogen-bond donors (Lipinski definition) is 0. The molecule has 22 heavy (non-hydrogen) atoms. The Morgan fingerprint density at radius 2 is 2.00 bits per heavy atom. The minimum Gasteiger partial charge on any atom is -0.465 e. The molecule has 118 valence electrons. The molecule has 0 aliphatic heterocycles. The van der Waals surface area contributed by atoms with Gasteiger partial charge in [0, 0.05) is 7.05 Å². The van der Waals surface area contributed by atoms with Crippen molar-refractivity contribution in [2.45, 2.75) is 25.0 Å². The normalized spacial score (nSPS) is 10.7. The predicted molar refractivity (Wildman–Crippen MR) is 85.5 cm³/mol.